The zero-order valence-corrected chi connectivity index (χ0v) is 11.4. The summed E-state index contributed by atoms with van der Waals surface area (Å²) in [5.41, 5.74) is 12.7. The van der Waals surface area contributed by atoms with Crippen LogP contribution in [0.25, 0.3) is 0 Å². The lowest BCUT2D eigenvalue weighted by atomic mass is 10.1. The number of primary amides is 1. The molecule has 0 bridgehead atoms. The van der Waals surface area contributed by atoms with Gasteiger partial charge >= 0.3 is 0 Å². The van der Waals surface area contributed by atoms with Crippen molar-refractivity contribution >= 4 is 34.0 Å². The number of nitrogen functional groups attached to an aromatic ring is 1. The highest BCUT2D eigenvalue weighted by atomic mass is 32.1. The number of thiazole rings is 1. The van der Waals surface area contributed by atoms with Crippen molar-refractivity contribution in [2.75, 3.05) is 11.1 Å². The van der Waals surface area contributed by atoms with Crippen LogP contribution in [0.1, 0.15) is 11.3 Å². The molecule has 2 amide bonds. The van der Waals surface area contributed by atoms with Crippen LogP contribution < -0.4 is 16.8 Å². The van der Waals surface area contributed by atoms with Crippen molar-refractivity contribution in [2.24, 2.45) is 5.73 Å². The molecule has 0 unspecified atom stereocenters. The first-order chi connectivity index (χ1) is 9.52. The van der Waals surface area contributed by atoms with E-state index in [1.165, 1.54) is 11.3 Å². The summed E-state index contributed by atoms with van der Waals surface area (Å²) in [6.07, 6.45) is 0.364. The molecule has 0 aliphatic carbocycles. The van der Waals surface area contributed by atoms with E-state index in [0.29, 0.717) is 16.5 Å². The van der Waals surface area contributed by atoms with Crippen molar-refractivity contribution in [3.63, 3.8) is 0 Å². The zero-order chi connectivity index (χ0) is 14.5. The molecule has 0 aliphatic rings. The van der Waals surface area contributed by atoms with E-state index in [4.69, 9.17) is 11.5 Å². The molecule has 0 spiro atoms. The Labute approximate surface area is 119 Å². The largest absolute Gasteiger partial charge is 0.375 e. The second-order valence-corrected chi connectivity index (χ2v) is 5.13. The monoisotopic (exact) mass is 290 g/mol. The van der Waals surface area contributed by atoms with Gasteiger partial charge in [-0.15, -0.1) is 11.3 Å². The lowest BCUT2D eigenvalue weighted by Gasteiger charge is -2.05. The Kier molecular flexibility index (Phi) is 4.31. The summed E-state index contributed by atoms with van der Waals surface area (Å²) in [5.74, 6) is -0.555. The molecule has 2 rings (SSSR count). The van der Waals surface area contributed by atoms with Gasteiger partial charge in [-0.3, -0.25) is 9.59 Å². The summed E-state index contributed by atoms with van der Waals surface area (Å²) in [5, 5.41) is 4.95. The number of anilines is 2. The van der Waals surface area contributed by atoms with Crippen molar-refractivity contribution in [1.82, 2.24) is 4.98 Å². The molecule has 0 saturated heterocycles. The number of amides is 2. The van der Waals surface area contributed by atoms with E-state index in [9.17, 15) is 9.59 Å². The predicted molar refractivity (Wildman–Crippen MR) is 78.2 cm³/mol. The topological polar surface area (TPSA) is 111 Å². The molecule has 2 aromatic rings. The summed E-state index contributed by atoms with van der Waals surface area (Å²) in [6.45, 7) is 0. The molecule has 0 saturated carbocycles. The number of rotatable bonds is 5. The smallest absolute Gasteiger partial charge is 0.230 e. The molecular formula is C13H14N4O2S. The maximum atomic E-state index is 11.8. The first kappa shape index (κ1) is 14.0. The Bertz CT molecular complexity index is 622. The van der Waals surface area contributed by atoms with Crippen molar-refractivity contribution in [2.45, 2.75) is 12.8 Å². The van der Waals surface area contributed by atoms with Gasteiger partial charge in [-0.25, -0.2) is 4.98 Å². The Hall–Kier alpha value is -2.41. The van der Waals surface area contributed by atoms with Crippen molar-refractivity contribution in [3.8, 4) is 0 Å². The molecule has 7 heteroatoms. The third-order valence-corrected chi connectivity index (χ3v) is 3.25. The third-order valence-electron chi connectivity index (χ3n) is 2.53. The fraction of sp³-hybridized carbons (Fsp3) is 0.154. The molecular weight excluding hydrogens is 276 g/mol. The van der Waals surface area contributed by atoms with Crippen molar-refractivity contribution < 1.29 is 9.59 Å². The number of benzene rings is 1. The summed E-state index contributed by atoms with van der Waals surface area (Å²) >= 11 is 1.30. The number of carbonyl (C=O) groups is 2. The van der Waals surface area contributed by atoms with E-state index >= 15 is 0 Å². The molecule has 0 radical (unpaired) electrons. The molecule has 1 heterocycles. The third kappa shape index (κ3) is 4.06. The van der Waals surface area contributed by atoms with Crippen LogP contribution in [0.4, 0.5) is 10.8 Å². The van der Waals surface area contributed by atoms with Crippen LogP contribution >= 0.6 is 11.3 Å². The Balaban J connectivity index is 1.92. The van der Waals surface area contributed by atoms with Crippen LogP contribution in [0.2, 0.25) is 0 Å². The Morgan fingerprint density at radius 2 is 1.90 bits per heavy atom. The highest BCUT2D eigenvalue weighted by Gasteiger charge is 2.07. The molecule has 0 fully saturated rings. The van der Waals surface area contributed by atoms with Crippen LogP contribution in [-0.2, 0) is 22.4 Å². The summed E-state index contributed by atoms with van der Waals surface area (Å²) in [6, 6.07) is 6.96. The first-order valence-electron chi connectivity index (χ1n) is 5.90. The van der Waals surface area contributed by atoms with Crippen LogP contribution in [-0.4, -0.2) is 16.8 Å². The molecule has 1 aromatic heterocycles. The molecule has 0 aliphatic heterocycles. The van der Waals surface area contributed by atoms with Gasteiger partial charge in [-0.2, -0.15) is 0 Å². The number of aromatic nitrogens is 1. The fourth-order valence-electron chi connectivity index (χ4n) is 1.68. The average Bonchev–Trinajstić information content (AvgIpc) is 2.76. The maximum Gasteiger partial charge on any atom is 0.230 e. The molecule has 20 heavy (non-hydrogen) atoms. The van der Waals surface area contributed by atoms with Crippen LogP contribution in [0.5, 0.6) is 0 Å². The molecule has 6 nitrogen and oxygen atoms in total. The number of nitrogens with one attached hydrogen (secondary N) is 1. The normalized spacial score (nSPS) is 10.2. The van der Waals surface area contributed by atoms with Crippen LogP contribution in [0.15, 0.2) is 29.6 Å². The number of nitrogens with two attached hydrogens (primary N) is 2. The fourth-order valence-corrected chi connectivity index (χ4v) is 2.24. The number of hydrogen-bond donors (Lipinski definition) is 3. The second-order valence-electron chi connectivity index (χ2n) is 4.24. The Morgan fingerprint density at radius 1 is 1.20 bits per heavy atom. The van der Waals surface area contributed by atoms with E-state index in [0.717, 1.165) is 5.56 Å². The Morgan fingerprint density at radius 3 is 2.45 bits per heavy atom. The molecule has 1 aromatic carbocycles. The average molecular weight is 290 g/mol. The summed E-state index contributed by atoms with van der Waals surface area (Å²) < 4.78 is 0. The number of nitrogens with zero attached hydrogens (tertiary/aromatic N) is 1. The van der Waals surface area contributed by atoms with Crippen LogP contribution in [0.3, 0.4) is 0 Å². The second kappa shape index (κ2) is 6.16. The van der Waals surface area contributed by atoms with E-state index < -0.39 is 0 Å². The highest BCUT2D eigenvalue weighted by Crippen LogP contribution is 2.13. The minimum absolute atomic E-state index is 0.169. The lowest BCUT2D eigenvalue weighted by molar-refractivity contribution is -0.117. The minimum atomic E-state index is -0.386. The standard InChI is InChI=1S/C13H14N4O2S/c14-11(18)5-8-1-3-9(4-2-8)16-12(19)6-10-7-20-13(15)17-10/h1-4,7H,5-6H2,(H2,14,18)(H2,15,17)(H,16,19). The number of carbonyl (C=O) groups excluding carboxylic acids is 2. The SMILES string of the molecule is NC(=O)Cc1ccc(NC(=O)Cc2csc(N)n2)cc1. The molecule has 0 atom stereocenters. The summed E-state index contributed by atoms with van der Waals surface area (Å²) in [7, 11) is 0. The van der Waals surface area contributed by atoms with Gasteiger partial charge in [0.25, 0.3) is 0 Å². The molecule has 5 N–H and O–H groups in total. The summed E-state index contributed by atoms with van der Waals surface area (Å²) in [4.78, 5) is 26.6. The van der Waals surface area contributed by atoms with Gasteiger partial charge in [0, 0.05) is 11.1 Å². The van der Waals surface area contributed by atoms with Gasteiger partial charge in [-0.1, -0.05) is 12.1 Å². The predicted octanol–water partition coefficient (Wildman–Crippen LogP) is 0.934. The van der Waals surface area contributed by atoms with Crippen LogP contribution in [0, 0.1) is 0 Å². The van der Waals surface area contributed by atoms with Gasteiger partial charge in [0.1, 0.15) is 0 Å². The minimum Gasteiger partial charge on any atom is -0.375 e. The quantitative estimate of drug-likeness (QED) is 0.760. The van der Waals surface area contributed by atoms with Gasteiger partial charge in [-0.05, 0) is 17.7 Å². The van der Waals surface area contributed by atoms with Gasteiger partial charge < -0.3 is 16.8 Å². The van der Waals surface area contributed by atoms with Gasteiger partial charge in [0.15, 0.2) is 5.13 Å². The van der Waals surface area contributed by atoms with E-state index in [2.05, 4.69) is 10.3 Å². The zero-order valence-electron chi connectivity index (χ0n) is 10.6. The van der Waals surface area contributed by atoms with E-state index in [1.54, 1.807) is 29.6 Å². The van der Waals surface area contributed by atoms with E-state index in [-0.39, 0.29) is 24.7 Å². The maximum absolute atomic E-state index is 11.8. The first-order valence-corrected chi connectivity index (χ1v) is 6.78. The van der Waals surface area contributed by atoms with E-state index in [1.807, 2.05) is 0 Å². The lowest BCUT2D eigenvalue weighted by Crippen LogP contribution is -2.15. The van der Waals surface area contributed by atoms with Gasteiger partial charge in [0.2, 0.25) is 11.8 Å². The highest BCUT2D eigenvalue weighted by molar-refractivity contribution is 7.13. The van der Waals surface area contributed by atoms with Gasteiger partial charge in [0.05, 0.1) is 18.5 Å². The molecule has 104 valence electrons. The number of hydrogen-bond acceptors (Lipinski definition) is 5. The van der Waals surface area contributed by atoms with Crippen molar-refractivity contribution in [3.05, 3.63) is 40.9 Å². The van der Waals surface area contributed by atoms with Crippen molar-refractivity contribution in [1.29, 1.82) is 0 Å².